The van der Waals surface area contributed by atoms with Crippen LogP contribution in [0.5, 0.6) is 5.75 Å². The van der Waals surface area contributed by atoms with Gasteiger partial charge < -0.3 is 14.5 Å². The second-order valence-electron chi connectivity index (χ2n) is 7.52. The summed E-state index contributed by atoms with van der Waals surface area (Å²) in [6.45, 7) is 4.48. The molecule has 0 aliphatic carbocycles. The fourth-order valence-corrected chi connectivity index (χ4v) is 3.70. The number of alkyl halides is 3. The lowest BCUT2D eigenvalue weighted by Crippen LogP contribution is -2.49. The van der Waals surface area contributed by atoms with Gasteiger partial charge in [-0.3, -0.25) is 4.79 Å². The Morgan fingerprint density at radius 1 is 1.16 bits per heavy atom. The number of amides is 1. The van der Waals surface area contributed by atoms with Crippen molar-refractivity contribution < 1.29 is 22.7 Å². The first-order valence-electron chi connectivity index (χ1n) is 10.2. The number of unbranched alkanes of at least 4 members (excludes halogenated alkanes) is 1. The molecule has 168 valence electrons. The summed E-state index contributed by atoms with van der Waals surface area (Å²) >= 11 is 6.02. The molecule has 1 saturated heterocycles. The molecule has 0 radical (unpaired) electrons. The smallest absolute Gasteiger partial charge is 0.417 e. The number of carbonyl (C=O) groups is 1. The number of rotatable bonds is 7. The number of benzene rings is 1. The van der Waals surface area contributed by atoms with Crippen molar-refractivity contribution in [1.82, 2.24) is 9.88 Å². The number of hydrogen-bond donors (Lipinski definition) is 0. The number of ether oxygens (including phenoxy) is 1. The average Bonchev–Trinajstić information content (AvgIpc) is 2.73. The van der Waals surface area contributed by atoms with Gasteiger partial charge in [-0.25, -0.2) is 4.98 Å². The monoisotopic (exact) mass is 455 g/mol. The van der Waals surface area contributed by atoms with E-state index in [4.69, 9.17) is 16.3 Å². The number of anilines is 1. The molecule has 0 bridgehead atoms. The number of piperazine rings is 1. The molecule has 1 aromatic heterocycles. The van der Waals surface area contributed by atoms with Gasteiger partial charge in [0, 0.05) is 38.8 Å². The van der Waals surface area contributed by atoms with Gasteiger partial charge in [0.1, 0.15) is 11.6 Å². The van der Waals surface area contributed by atoms with Crippen molar-refractivity contribution >= 4 is 23.3 Å². The van der Waals surface area contributed by atoms with E-state index in [1.54, 1.807) is 4.90 Å². The van der Waals surface area contributed by atoms with Crippen molar-refractivity contribution in [2.24, 2.45) is 0 Å². The Morgan fingerprint density at radius 3 is 2.55 bits per heavy atom. The van der Waals surface area contributed by atoms with Gasteiger partial charge in [-0.15, -0.1) is 0 Å². The van der Waals surface area contributed by atoms with Crippen LogP contribution in [0.25, 0.3) is 0 Å². The van der Waals surface area contributed by atoms with Crippen LogP contribution in [0.1, 0.15) is 30.4 Å². The molecule has 1 fully saturated rings. The predicted molar refractivity (Wildman–Crippen MR) is 114 cm³/mol. The molecule has 1 aliphatic rings. The molecule has 31 heavy (non-hydrogen) atoms. The molecule has 2 aromatic rings. The van der Waals surface area contributed by atoms with E-state index in [9.17, 15) is 18.0 Å². The standard InChI is InChI=1S/C22H25ClF3N3O2/c1-16-5-4-6-18(13-16)31-12-3-2-7-20(30)28-8-10-29(11-9-28)21-19(23)14-17(15-27-21)22(24,25)26/h4-6,13-15H,2-3,7-12H2,1H3. The minimum atomic E-state index is -4.48. The maximum Gasteiger partial charge on any atom is 0.417 e. The van der Waals surface area contributed by atoms with E-state index in [1.165, 1.54) is 0 Å². The molecular weight excluding hydrogens is 431 g/mol. The topological polar surface area (TPSA) is 45.7 Å². The van der Waals surface area contributed by atoms with Gasteiger partial charge in [-0.05, 0) is 43.5 Å². The van der Waals surface area contributed by atoms with E-state index in [0.29, 0.717) is 45.0 Å². The van der Waals surface area contributed by atoms with E-state index in [0.717, 1.165) is 36.4 Å². The second kappa shape index (κ2) is 10.2. The highest BCUT2D eigenvalue weighted by molar-refractivity contribution is 6.33. The lowest BCUT2D eigenvalue weighted by atomic mass is 10.2. The molecule has 0 unspecified atom stereocenters. The lowest BCUT2D eigenvalue weighted by molar-refractivity contribution is -0.137. The average molecular weight is 456 g/mol. The number of nitrogens with zero attached hydrogens (tertiary/aromatic N) is 3. The molecule has 0 N–H and O–H groups in total. The van der Waals surface area contributed by atoms with Gasteiger partial charge in [0.2, 0.25) is 5.91 Å². The van der Waals surface area contributed by atoms with Crippen LogP contribution < -0.4 is 9.64 Å². The summed E-state index contributed by atoms with van der Waals surface area (Å²) in [5.41, 5.74) is 0.265. The first-order valence-corrected chi connectivity index (χ1v) is 10.6. The van der Waals surface area contributed by atoms with Crippen molar-refractivity contribution in [3.8, 4) is 5.75 Å². The molecular formula is C22H25ClF3N3O2. The Labute approximate surface area is 184 Å². The molecule has 3 rings (SSSR count). The van der Waals surface area contributed by atoms with Crippen LogP contribution in [0.2, 0.25) is 5.02 Å². The zero-order valence-electron chi connectivity index (χ0n) is 17.3. The number of hydrogen-bond acceptors (Lipinski definition) is 4. The molecule has 2 heterocycles. The molecule has 5 nitrogen and oxygen atoms in total. The van der Waals surface area contributed by atoms with Gasteiger partial charge in [-0.2, -0.15) is 13.2 Å². The SMILES string of the molecule is Cc1cccc(OCCCCC(=O)N2CCN(c3ncc(C(F)(F)F)cc3Cl)CC2)c1. The molecule has 0 saturated carbocycles. The highest BCUT2D eigenvalue weighted by Crippen LogP contribution is 2.33. The summed E-state index contributed by atoms with van der Waals surface area (Å²) in [4.78, 5) is 19.9. The van der Waals surface area contributed by atoms with E-state index in [1.807, 2.05) is 36.1 Å². The van der Waals surface area contributed by atoms with Crippen LogP contribution in [-0.2, 0) is 11.0 Å². The van der Waals surface area contributed by atoms with Crippen molar-refractivity contribution in [2.75, 3.05) is 37.7 Å². The fraction of sp³-hybridized carbons (Fsp3) is 0.455. The van der Waals surface area contributed by atoms with Crippen LogP contribution in [0, 0.1) is 6.92 Å². The minimum absolute atomic E-state index is 0.0387. The zero-order chi connectivity index (χ0) is 22.4. The van der Waals surface area contributed by atoms with Gasteiger partial charge >= 0.3 is 6.18 Å². The number of aromatic nitrogens is 1. The molecule has 9 heteroatoms. The van der Waals surface area contributed by atoms with E-state index >= 15 is 0 Å². The molecule has 1 amide bonds. The number of carbonyl (C=O) groups excluding carboxylic acids is 1. The fourth-order valence-electron chi connectivity index (χ4n) is 3.42. The number of aryl methyl sites for hydroxylation is 1. The highest BCUT2D eigenvalue weighted by atomic mass is 35.5. The minimum Gasteiger partial charge on any atom is -0.494 e. The normalized spacial score (nSPS) is 14.6. The molecule has 1 aliphatic heterocycles. The van der Waals surface area contributed by atoms with Crippen LogP contribution in [-0.4, -0.2) is 48.6 Å². The molecule has 0 spiro atoms. The first-order chi connectivity index (χ1) is 14.7. The zero-order valence-corrected chi connectivity index (χ0v) is 18.0. The Morgan fingerprint density at radius 2 is 1.90 bits per heavy atom. The lowest BCUT2D eigenvalue weighted by Gasteiger charge is -2.36. The van der Waals surface area contributed by atoms with Gasteiger partial charge in [0.05, 0.1) is 17.2 Å². The van der Waals surface area contributed by atoms with E-state index < -0.39 is 11.7 Å². The van der Waals surface area contributed by atoms with Crippen molar-refractivity contribution in [2.45, 2.75) is 32.4 Å². The van der Waals surface area contributed by atoms with Gasteiger partial charge in [0.25, 0.3) is 0 Å². The Kier molecular flexibility index (Phi) is 7.64. The van der Waals surface area contributed by atoms with Crippen LogP contribution in [0.4, 0.5) is 19.0 Å². The predicted octanol–water partition coefficient (Wildman–Crippen LogP) is 4.96. The summed E-state index contributed by atoms with van der Waals surface area (Å²) in [7, 11) is 0. The second-order valence-corrected chi connectivity index (χ2v) is 7.92. The van der Waals surface area contributed by atoms with E-state index in [-0.39, 0.29) is 10.9 Å². The maximum absolute atomic E-state index is 12.8. The number of halogens is 4. The Balaban J connectivity index is 1.39. The van der Waals surface area contributed by atoms with Crippen molar-refractivity contribution in [3.05, 3.63) is 52.7 Å². The summed E-state index contributed by atoms with van der Waals surface area (Å²) in [6.07, 6.45) is -1.73. The largest absolute Gasteiger partial charge is 0.494 e. The summed E-state index contributed by atoms with van der Waals surface area (Å²) in [5, 5.41) is -0.0387. The third kappa shape index (κ3) is 6.50. The van der Waals surface area contributed by atoms with Crippen LogP contribution in [0.15, 0.2) is 36.5 Å². The van der Waals surface area contributed by atoms with Crippen molar-refractivity contribution in [3.63, 3.8) is 0 Å². The Hall–Kier alpha value is -2.48. The molecule has 1 aromatic carbocycles. The summed E-state index contributed by atoms with van der Waals surface area (Å²) < 4.78 is 44.0. The maximum atomic E-state index is 12.8. The molecule has 0 atom stereocenters. The first kappa shape index (κ1) is 23.2. The van der Waals surface area contributed by atoms with Gasteiger partial charge in [0.15, 0.2) is 0 Å². The van der Waals surface area contributed by atoms with E-state index in [2.05, 4.69) is 4.98 Å². The quantitative estimate of drug-likeness (QED) is 0.553. The highest BCUT2D eigenvalue weighted by Gasteiger charge is 2.32. The van der Waals surface area contributed by atoms with Crippen molar-refractivity contribution in [1.29, 1.82) is 0 Å². The third-order valence-corrected chi connectivity index (χ3v) is 5.40. The van der Waals surface area contributed by atoms with Gasteiger partial charge in [-0.1, -0.05) is 23.7 Å². The third-order valence-electron chi connectivity index (χ3n) is 5.12. The summed E-state index contributed by atoms with van der Waals surface area (Å²) in [5.74, 6) is 1.22. The summed E-state index contributed by atoms with van der Waals surface area (Å²) in [6, 6.07) is 8.73. The van der Waals surface area contributed by atoms with Crippen LogP contribution in [0.3, 0.4) is 0 Å². The van der Waals surface area contributed by atoms with Crippen LogP contribution >= 0.6 is 11.6 Å². The number of pyridine rings is 1. The Bertz CT molecular complexity index is 900.